The molecule has 0 aliphatic heterocycles. The molecule has 0 aromatic heterocycles. The summed E-state index contributed by atoms with van der Waals surface area (Å²) in [4.78, 5) is 10.4. The first kappa shape index (κ1) is 21.9. The number of carbonyl (C=O) groups is 1. The Morgan fingerprint density at radius 2 is 1.57 bits per heavy atom. The smallest absolute Gasteiger partial charge is 0.303 e. The summed E-state index contributed by atoms with van der Waals surface area (Å²) in [6.07, 6.45) is 21.4. The second-order valence-corrected chi connectivity index (χ2v) is 6.28. The average molecular weight is 325 g/mol. The number of allylic oxidation sites excluding steroid dienone is 3. The fourth-order valence-electron chi connectivity index (χ4n) is 2.49. The molecule has 3 nitrogen and oxygen atoms in total. The fraction of sp³-hybridized carbons (Fsp3) is 0.750. The summed E-state index contributed by atoms with van der Waals surface area (Å²) in [7, 11) is 0. The molecule has 0 aromatic carbocycles. The zero-order valence-electron chi connectivity index (χ0n) is 14.9. The van der Waals surface area contributed by atoms with Crippen LogP contribution in [0, 0.1) is 0 Å². The Kier molecular flexibility index (Phi) is 16.4. The minimum Gasteiger partial charge on any atom is -0.481 e. The number of carboxylic acid groups (broad SMARTS) is 1. The van der Waals surface area contributed by atoms with Gasteiger partial charge in [0, 0.05) is 6.42 Å². The number of unbranched alkanes of at least 4 members (excludes halogenated alkanes) is 9. The van der Waals surface area contributed by atoms with Crippen LogP contribution in [0.1, 0.15) is 90.4 Å². The zero-order valence-corrected chi connectivity index (χ0v) is 14.9. The highest BCUT2D eigenvalue weighted by Gasteiger charge is 2.00. The second-order valence-electron chi connectivity index (χ2n) is 6.28. The van der Waals surface area contributed by atoms with Gasteiger partial charge in [-0.05, 0) is 32.1 Å². The average Bonchev–Trinajstić information content (AvgIpc) is 2.52. The number of hydrogen-bond acceptors (Lipinski definition) is 2. The van der Waals surface area contributed by atoms with Crippen molar-refractivity contribution < 1.29 is 15.0 Å². The monoisotopic (exact) mass is 324 g/mol. The highest BCUT2D eigenvalue weighted by Crippen LogP contribution is 2.10. The van der Waals surface area contributed by atoms with Crippen LogP contribution in [0.15, 0.2) is 24.3 Å². The maximum Gasteiger partial charge on any atom is 0.303 e. The van der Waals surface area contributed by atoms with E-state index < -0.39 is 12.1 Å². The van der Waals surface area contributed by atoms with Crippen LogP contribution in [0.25, 0.3) is 0 Å². The first-order chi connectivity index (χ1) is 11.2. The van der Waals surface area contributed by atoms with Crippen LogP contribution in [0.3, 0.4) is 0 Å². The molecule has 134 valence electrons. The van der Waals surface area contributed by atoms with Crippen molar-refractivity contribution in [3.63, 3.8) is 0 Å². The number of carboxylic acids is 1. The molecule has 0 aromatic rings. The standard InChI is InChI=1S/C20H36O3/c1-2-3-4-5-6-7-8-9-10-11-12-13-16-19(21)17-14-15-18-20(22)23/h11-13,16,19,21H,2-10,14-15,17-18H2,1H3,(H,22,23)/b12-11-,16-13+/t19-/m1/s1. The van der Waals surface area contributed by atoms with E-state index in [9.17, 15) is 9.90 Å². The van der Waals surface area contributed by atoms with Crippen molar-refractivity contribution in [2.45, 2.75) is 96.5 Å². The summed E-state index contributed by atoms with van der Waals surface area (Å²) in [5.41, 5.74) is 0. The summed E-state index contributed by atoms with van der Waals surface area (Å²) < 4.78 is 0. The number of rotatable bonds is 16. The minimum atomic E-state index is -0.765. The van der Waals surface area contributed by atoms with Gasteiger partial charge in [0.15, 0.2) is 0 Å². The maximum absolute atomic E-state index is 10.4. The van der Waals surface area contributed by atoms with Gasteiger partial charge in [-0.1, -0.05) is 76.2 Å². The van der Waals surface area contributed by atoms with Crippen LogP contribution in [-0.2, 0) is 4.79 Å². The van der Waals surface area contributed by atoms with Gasteiger partial charge in [0.1, 0.15) is 0 Å². The van der Waals surface area contributed by atoms with Crippen LogP contribution in [0.4, 0.5) is 0 Å². The zero-order chi connectivity index (χ0) is 17.2. The molecule has 0 saturated carbocycles. The molecule has 0 spiro atoms. The molecule has 3 heteroatoms. The second kappa shape index (κ2) is 17.3. The van der Waals surface area contributed by atoms with Crippen LogP contribution < -0.4 is 0 Å². The van der Waals surface area contributed by atoms with Crippen molar-refractivity contribution in [3.8, 4) is 0 Å². The molecule has 2 N–H and O–H groups in total. The molecular formula is C20H36O3. The predicted molar refractivity (Wildman–Crippen MR) is 97.6 cm³/mol. The number of aliphatic hydroxyl groups is 1. The number of aliphatic carboxylic acids is 1. The van der Waals surface area contributed by atoms with Crippen molar-refractivity contribution in [2.24, 2.45) is 0 Å². The Morgan fingerprint density at radius 1 is 0.913 bits per heavy atom. The van der Waals surface area contributed by atoms with E-state index in [1.54, 1.807) is 6.08 Å². The molecule has 0 aliphatic carbocycles. The largest absolute Gasteiger partial charge is 0.481 e. The van der Waals surface area contributed by atoms with Crippen LogP contribution in [0.2, 0.25) is 0 Å². The molecule has 23 heavy (non-hydrogen) atoms. The van der Waals surface area contributed by atoms with Crippen molar-refractivity contribution in [3.05, 3.63) is 24.3 Å². The van der Waals surface area contributed by atoms with E-state index in [1.807, 2.05) is 12.2 Å². The van der Waals surface area contributed by atoms with Gasteiger partial charge >= 0.3 is 5.97 Å². The Hall–Kier alpha value is -1.09. The molecule has 1 atom stereocenters. The van der Waals surface area contributed by atoms with Crippen LogP contribution in [-0.4, -0.2) is 22.3 Å². The van der Waals surface area contributed by atoms with Gasteiger partial charge < -0.3 is 10.2 Å². The van der Waals surface area contributed by atoms with Crippen LogP contribution in [0.5, 0.6) is 0 Å². The van der Waals surface area contributed by atoms with E-state index in [1.165, 1.54) is 51.4 Å². The first-order valence-corrected chi connectivity index (χ1v) is 9.40. The maximum atomic E-state index is 10.4. The highest BCUT2D eigenvalue weighted by atomic mass is 16.4. The third-order valence-electron chi connectivity index (χ3n) is 3.95. The molecular weight excluding hydrogens is 288 g/mol. The summed E-state index contributed by atoms with van der Waals surface area (Å²) in [5.74, 6) is -0.765. The third-order valence-corrected chi connectivity index (χ3v) is 3.95. The van der Waals surface area contributed by atoms with Gasteiger partial charge in [0.05, 0.1) is 6.10 Å². The van der Waals surface area contributed by atoms with Gasteiger partial charge in [-0.2, -0.15) is 0 Å². The summed E-state index contributed by atoms with van der Waals surface area (Å²) >= 11 is 0. The van der Waals surface area contributed by atoms with Crippen molar-refractivity contribution >= 4 is 5.97 Å². The van der Waals surface area contributed by atoms with E-state index >= 15 is 0 Å². The van der Waals surface area contributed by atoms with E-state index in [2.05, 4.69) is 13.0 Å². The summed E-state index contributed by atoms with van der Waals surface area (Å²) in [6, 6.07) is 0. The quantitative estimate of drug-likeness (QED) is 0.285. The molecule has 0 saturated heterocycles. The lowest BCUT2D eigenvalue weighted by Gasteiger charge is -2.03. The SMILES string of the molecule is CCCCCCCCCC/C=C\C=C\[C@@H](O)CCCCC(=O)O. The molecule has 0 aliphatic rings. The van der Waals surface area contributed by atoms with E-state index in [4.69, 9.17) is 5.11 Å². The van der Waals surface area contributed by atoms with E-state index in [0.29, 0.717) is 12.8 Å². The Morgan fingerprint density at radius 3 is 2.22 bits per heavy atom. The highest BCUT2D eigenvalue weighted by molar-refractivity contribution is 5.66. The summed E-state index contributed by atoms with van der Waals surface area (Å²) in [5, 5.41) is 18.2. The van der Waals surface area contributed by atoms with Gasteiger partial charge in [0.25, 0.3) is 0 Å². The van der Waals surface area contributed by atoms with Gasteiger partial charge in [-0.25, -0.2) is 0 Å². The number of hydrogen-bond donors (Lipinski definition) is 2. The molecule has 0 fully saturated rings. The van der Waals surface area contributed by atoms with Gasteiger partial charge in [0.2, 0.25) is 0 Å². The van der Waals surface area contributed by atoms with E-state index in [-0.39, 0.29) is 6.42 Å². The lowest BCUT2D eigenvalue weighted by atomic mass is 10.1. The summed E-state index contributed by atoms with van der Waals surface area (Å²) in [6.45, 7) is 2.25. The fourth-order valence-corrected chi connectivity index (χ4v) is 2.49. The first-order valence-electron chi connectivity index (χ1n) is 9.40. The molecule has 0 radical (unpaired) electrons. The lowest BCUT2D eigenvalue weighted by Crippen LogP contribution is -2.02. The van der Waals surface area contributed by atoms with E-state index in [0.717, 1.165) is 12.8 Å². The molecule has 0 heterocycles. The molecule has 0 bridgehead atoms. The van der Waals surface area contributed by atoms with Crippen LogP contribution >= 0.6 is 0 Å². The molecule has 0 rings (SSSR count). The number of aliphatic hydroxyl groups excluding tert-OH is 1. The third kappa shape index (κ3) is 18.9. The Balaban J connectivity index is 3.38. The normalized spacial score (nSPS) is 13.1. The predicted octanol–water partition coefficient (Wildman–Crippen LogP) is 5.64. The van der Waals surface area contributed by atoms with Gasteiger partial charge in [-0.3, -0.25) is 4.79 Å². The minimum absolute atomic E-state index is 0.189. The van der Waals surface area contributed by atoms with Crippen molar-refractivity contribution in [2.75, 3.05) is 0 Å². The van der Waals surface area contributed by atoms with Crippen molar-refractivity contribution in [1.82, 2.24) is 0 Å². The molecule has 0 amide bonds. The van der Waals surface area contributed by atoms with Gasteiger partial charge in [-0.15, -0.1) is 0 Å². The lowest BCUT2D eigenvalue weighted by molar-refractivity contribution is -0.137. The Labute approximate surface area is 142 Å². The topological polar surface area (TPSA) is 57.5 Å². The Bertz CT molecular complexity index is 321. The van der Waals surface area contributed by atoms with Crippen molar-refractivity contribution in [1.29, 1.82) is 0 Å². The molecule has 0 unspecified atom stereocenters.